The first kappa shape index (κ1) is 17.5. The number of allylic oxidation sites excluding steroid dienone is 1. The summed E-state index contributed by atoms with van der Waals surface area (Å²) < 4.78 is 4.62. The Bertz CT molecular complexity index is 248. The zero-order chi connectivity index (χ0) is 13.4. The number of hydrogen-bond donors (Lipinski definition) is 1. The molecule has 0 bridgehead atoms. The average molecular weight is 251 g/mol. The van der Waals surface area contributed by atoms with Crippen LogP contribution in [0.25, 0.3) is 0 Å². The van der Waals surface area contributed by atoms with E-state index in [4.69, 9.17) is 5.11 Å². The third-order valence-electron chi connectivity index (χ3n) is 2.24. The summed E-state index contributed by atoms with van der Waals surface area (Å²) in [6, 6.07) is 0. The Hall–Kier alpha value is -0.870. The fraction of sp³-hybridized carbons (Fsp3) is 0.636. The first-order chi connectivity index (χ1) is 7.38. The van der Waals surface area contributed by atoms with Gasteiger partial charge < -0.3 is 9.84 Å². The van der Waals surface area contributed by atoms with Crippen LogP contribution >= 0.6 is 11.6 Å². The molecule has 0 aromatic heterocycles. The third-order valence-corrected chi connectivity index (χ3v) is 2.24. The van der Waals surface area contributed by atoms with Crippen LogP contribution in [-0.4, -0.2) is 30.5 Å². The minimum Gasteiger partial charge on any atom is -0.469 e. The van der Waals surface area contributed by atoms with Crippen molar-refractivity contribution in [3.63, 3.8) is 0 Å². The highest BCUT2D eigenvalue weighted by Gasteiger charge is 2.55. The van der Waals surface area contributed by atoms with E-state index in [1.165, 1.54) is 14.0 Å². The van der Waals surface area contributed by atoms with Gasteiger partial charge in [0.15, 0.2) is 0 Å². The molecule has 0 unspecified atom stereocenters. The molecule has 0 radical (unpaired) electrons. The molecule has 1 aliphatic rings. The predicted octanol–water partition coefficient (Wildman–Crippen LogP) is 1.75. The summed E-state index contributed by atoms with van der Waals surface area (Å²) in [6.45, 7) is 6.83. The van der Waals surface area contributed by atoms with Crippen molar-refractivity contribution in [2.24, 2.45) is 11.3 Å². The maximum absolute atomic E-state index is 11.0. The Labute approximate surface area is 101 Å². The fourth-order valence-electron chi connectivity index (χ4n) is 1.21. The summed E-state index contributed by atoms with van der Waals surface area (Å²) in [5.41, 5.74) is -0.253. The van der Waals surface area contributed by atoms with Gasteiger partial charge >= 0.3 is 5.97 Å². The maximum Gasteiger partial charge on any atom is 0.312 e. The number of aliphatic hydroxyl groups is 1. The number of hydrogen-bond acceptors (Lipinski definition) is 4. The van der Waals surface area contributed by atoms with E-state index in [9.17, 15) is 9.59 Å². The van der Waals surface area contributed by atoms with Crippen LogP contribution in [0.5, 0.6) is 0 Å². The number of methoxy groups -OCH3 is 1. The number of ether oxygens (including phenoxy) is 1. The van der Waals surface area contributed by atoms with Crippen LogP contribution in [-0.2, 0) is 14.3 Å². The highest BCUT2D eigenvalue weighted by Crippen LogP contribution is 2.53. The van der Waals surface area contributed by atoms with E-state index < -0.39 is 0 Å². The molecule has 0 aromatic rings. The fourth-order valence-corrected chi connectivity index (χ4v) is 1.21. The Morgan fingerprint density at radius 1 is 1.56 bits per heavy atom. The van der Waals surface area contributed by atoms with Gasteiger partial charge in [0.2, 0.25) is 5.24 Å². The molecule has 0 heterocycles. The first-order valence-electron chi connectivity index (χ1n) is 4.70. The van der Waals surface area contributed by atoms with Crippen molar-refractivity contribution in [2.45, 2.75) is 20.3 Å². The SMILES string of the molecule is C=C[C@@H]1C[C@]1(C)C(=O)OC.CC(=O)Cl.CO. The van der Waals surface area contributed by atoms with Crippen molar-refractivity contribution in [1.29, 1.82) is 0 Å². The van der Waals surface area contributed by atoms with Crippen LogP contribution in [0.2, 0.25) is 0 Å². The molecular weight excluding hydrogens is 232 g/mol. The lowest BCUT2D eigenvalue weighted by Crippen LogP contribution is -2.15. The highest BCUT2D eigenvalue weighted by molar-refractivity contribution is 6.62. The molecule has 0 aliphatic heterocycles. The minimum atomic E-state index is -0.361. The van der Waals surface area contributed by atoms with Gasteiger partial charge in [0, 0.05) is 14.0 Å². The first-order valence-corrected chi connectivity index (χ1v) is 5.08. The molecule has 94 valence electrons. The van der Waals surface area contributed by atoms with Crippen LogP contribution in [0.4, 0.5) is 0 Å². The lowest BCUT2D eigenvalue weighted by Gasteiger charge is -2.04. The Balaban J connectivity index is 0. The zero-order valence-electron chi connectivity index (χ0n) is 10.1. The summed E-state index contributed by atoms with van der Waals surface area (Å²) in [7, 11) is 2.42. The minimum absolute atomic E-state index is 0.114. The van der Waals surface area contributed by atoms with Gasteiger partial charge in [-0.15, -0.1) is 6.58 Å². The van der Waals surface area contributed by atoms with Crippen molar-refractivity contribution in [2.75, 3.05) is 14.2 Å². The van der Waals surface area contributed by atoms with Gasteiger partial charge in [0.1, 0.15) is 0 Å². The second-order valence-corrected chi connectivity index (χ2v) is 3.96. The van der Waals surface area contributed by atoms with Crippen LogP contribution in [0, 0.1) is 11.3 Å². The van der Waals surface area contributed by atoms with E-state index >= 15 is 0 Å². The summed E-state index contributed by atoms with van der Waals surface area (Å²) in [5, 5.41) is 6.64. The van der Waals surface area contributed by atoms with Gasteiger partial charge in [0.05, 0.1) is 12.5 Å². The third kappa shape index (κ3) is 5.88. The van der Waals surface area contributed by atoms with Crippen LogP contribution < -0.4 is 0 Å². The molecule has 16 heavy (non-hydrogen) atoms. The van der Waals surface area contributed by atoms with Gasteiger partial charge in [-0.3, -0.25) is 9.59 Å². The molecule has 0 spiro atoms. The van der Waals surface area contributed by atoms with Crippen molar-refractivity contribution < 1.29 is 19.4 Å². The molecule has 0 saturated heterocycles. The quantitative estimate of drug-likeness (QED) is 0.461. The van der Waals surface area contributed by atoms with E-state index in [2.05, 4.69) is 22.9 Å². The summed E-state index contributed by atoms with van der Waals surface area (Å²) in [4.78, 5) is 20.2. The Morgan fingerprint density at radius 3 is 2.12 bits per heavy atom. The topological polar surface area (TPSA) is 63.6 Å². The molecule has 4 nitrogen and oxygen atoms in total. The van der Waals surface area contributed by atoms with E-state index in [1.54, 1.807) is 0 Å². The number of rotatable bonds is 2. The lowest BCUT2D eigenvalue weighted by atomic mass is 10.1. The van der Waals surface area contributed by atoms with Crippen molar-refractivity contribution >= 4 is 22.8 Å². The van der Waals surface area contributed by atoms with Gasteiger partial charge in [-0.05, 0) is 30.9 Å². The maximum atomic E-state index is 11.0. The van der Waals surface area contributed by atoms with Crippen LogP contribution in [0.15, 0.2) is 12.7 Å². The summed E-state index contributed by atoms with van der Waals surface area (Å²) in [6.07, 6.45) is 2.71. The normalized spacial score (nSPS) is 25.0. The van der Waals surface area contributed by atoms with Crippen molar-refractivity contribution in [1.82, 2.24) is 0 Å². The van der Waals surface area contributed by atoms with Crippen molar-refractivity contribution in [3.05, 3.63) is 12.7 Å². The van der Waals surface area contributed by atoms with E-state index in [0.29, 0.717) is 5.92 Å². The second kappa shape index (κ2) is 8.30. The molecule has 0 aromatic carbocycles. The van der Waals surface area contributed by atoms with Gasteiger partial charge in [-0.1, -0.05) is 6.08 Å². The number of carbonyl (C=O) groups excluding carboxylic acids is 2. The molecular formula is C11H19ClO4. The van der Waals surface area contributed by atoms with Crippen LogP contribution in [0.1, 0.15) is 20.3 Å². The monoisotopic (exact) mass is 250 g/mol. The molecule has 1 saturated carbocycles. The van der Waals surface area contributed by atoms with Crippen LogP contribution in [0.3, 0.4) is 0 Å². The molecule has 1 aliphatic carbocycles. The lowest BCUT2D eigenvalue weighted by molar-refractivity contribution is -0.146. The summed E-state index contributed by atoms with van der Waals surface area (Å²) >= 11 is 4.64. The molecule has 2 atom stereocenters. The average Bonchev–Trinajstić information content (AvgIpc) is 2.92. The smallest absolute Gasteiger partial charge is 0.312 e. The van der Waals surface area contributed by atoms with E-state index in [-0.39, 0.29) is 16.6 Å². The largest absolute Gasteiger partial charge is 0.469 e. The Morgan fingerprint density at radius 2 is 1.94 bits per heavy atom. The number of carbonyl (C=O) groups is 2. The molecule has 1 fully saturated rings. The van der Waals surface area contributed by atoms with Gasteiger partial charge in [-0.2, -0.15) is 0 Å². The summed E-state index contributed by atoms with van der Waals surface area (Å²) in [5.74, 6) is 0.220. The molecule has 1 rings (SSSR count). The predicted molar refractivity (Wildman–Crippen MR) is 63.1 cm³/mol. The molecule has 1 N–H and O–H groups in total. The number of esters is 1. The molecule has 0 amide bonds. The standard InChI is InChI=1S/C8H12O2.C2H3ClO.CH4O/c1-4-6-5-8(6,2)7(9)10-3;1-2(3)4;1-2/h4,6H,1,5H2,2-3H3;1H3;2H,1H3/t6-,8+;;/m1../s1. The van der Waals surface area contributed by atoms with Gasteiger partial charge in [0.25, 0.3) is 0 Å². The second-order valence-electron chi connectivity index (χ2n) is 3.43. The van der Waals surface area contributed by atoms with E-state index in [0.717, 1.165) is 13.5 Å². The highest BCUT2D eigenvalue weighted by atomic mass is 35.5. The number of halogens is 1. The van der Waals surface area contributed by atoms with E-state index in [1.807, 2.05) is 13.0 Å². The Kier molecular flexibility index (Phi) is 9.09. The zero-order valence-corrected chi connectivity index (χ0v) is 10.9. The van der Waals surface area contributed by atoms with Crippen molar-refractivity contribution in [3.8, 4) is 0 Å². The molecule has 5 heteroatoms. The number of aliphatic hydroxyl groups excluding tert-OH is 1. The van der Waals surface area contributed by atoms with Gasteiger partial charge in [-0.25, -0.2) is 0 Å².